The number of rotatable bonds is 5. The number of carbonyl (C=O) groups excluding carboxylic acids is 1. The zero-order valence-corrected chi connectivity index (χ0v) is 22.1. The highest BCUT2D eigenvalue weighted by Gasteiger charge is 2.44. The third-order valence-corrected chi connectivity index (χ3v) is 7.63. The van der Waals surface area contributed by atoms with E-state index >= 15 is 0 Å². The second-order valence-corrected chi connectivity index (χ2v) is 11.7. The van der Waals surface area contributed by atoms with Crippen molar-refractivity contribution in [2.24, 2.45) is 5.92 Å². The zero-order chi connectivity index (χ0) is 26.2. The summed E-state index contributed by atoms with van der Waals surface area (Å²) in [5.41, 5.74) is 8.80. The van der Waals surface area contributed by atoms with Crippen molar-refractivity contribution in [2.45, 2.75) is 48.6 Å². The first kappa shape index (κ1) is 25.2. The van der Waals surface area contributed by atoms with Crippen LogP contribution in [0.1, 0.15) is 27.2 Å². The van der Waals surface area contributed by atoms with Gasteiger partial charge in [0.2, 0.25) is 0 Å². The molecule has 0 radical (unpaired) electrons. The van der Waals surface area contributed by atoms with Gasteiger partial charge in [-0.05, 0) is 75.7 Å². The quantitative estimate of drug-likeness (QED) is 0.390. The number of hydrogen-bond acceptors (Lipinski definition) is 7. The van der Waals surface area contributed by atoms with Crippen LogP contribution in [-0.2, 0) is 4.74 Å². The predicted octanol–water partition coefficient (Wildman–Crippen LogP) is 6.14. The van der Waals surface area contributed by atoms with Crippen LogP contribution in [0.5, 0.6) is 0 Å². The van der Waals surface area contributed by atoms with Crippen molar-refractivity contribution in [3.63, 3.8) is 0 Å². The Bertz CT molecular complexity index is 1280. The molecule has 0 bridgehead atoms. The number of nitrogens with two attached hydrogens (primary N) is 1. The van der Waals surface area contributed by atoms with Crippen LogP contribution in [0.2, 0.25) is 0 Å². The maximum atomic E-state index is 14.8. The molecular weight excluding hydrogens is 489 g/mol. The van der Waals surface area contributed by atoms with Crippen LogP contribution in [0.25, 0.3) is 0 Å². The highest BCUT2D eigenvalue weighted by Crippen LogP contribution is 2.38. The van der Waals surface area contributed by atoms with Crippen molar-refractivity contribution in [2.75, 3.05) is 35.6 Å². The Morgan fingerprint density at radius 2 is 1.89 bits per heavy atom. The molecule has 2 aromatic carbocycles. The van der Waals surface area contributed by atoms with E-state index in [1.54, 1.807) is 18.5 Å². The van der Waals surface area contributed by atoms with E-state index in [1.165, 1.54) is 17.8 Å². The number of aromatic nitrogens is 1. The summed E-state index contributed by atoms with van der Waals surface area (Å²) < 4.78 is 20.4. The molecule has 2 saturated heterocycles. The molecular formula is C28H32FN5O2S. The number of nitrogens with zero attached hydrogens (tertiary/aromatic N) is 3. The largest absolute Gasteiger partial charge is 0.444 e. The number of ether oxygens (including phenoxy) is 1. The average Bonchev–Trinajstić information content (AvgIpc) is 3.41. The van der Waals surface area contributed by atoms with Crippen LogP contribution in [0.3, 0.4) is 0 Å². The highest BCUT2D eigenvalue weighted by molar-refractivity contribution is 7.99. The van der Waals surface area contributed by atoms with E-state index in [0.29, 0.717) is 35.3 Å². The van der Waals surface area contributed by atoms with E-state index in [2.05, 4.69) is 15.2 Å². The maximum Gasteiger partial charge on any atom is 0.410 e. The lowest BCUT2D eigenvalue weighted by molar-refractivity contribution is 0.0284. The minimum absolute atomic E-state index is 0.212. The first-order chi connectivity index (χ1) is 17.6. The van der Waals surface area contributed by atoms with Crippen LogP contribution >= 0.6 is 11.8 Å². The van der Waals surface area contributed by atoms with Gasteiger partial charge in [-0.3, -0.25) is 4.98 Å². The zero-order valence-electron chi connectivity index (χ0n) is 21.3. The fourth-order valence-electron chi connectivity index (χ4n) is 4.99. The number of likely N-dealkylation sites (tertiary alicyclic amines) is 1. The highest BCUT2D eigenvalue weighted by atomic mass is 32.2. The van der Waals surface area contributed by atoms with Crippen LogP contribution in [0, 0.1) is 11.7 Å². The molecule has 1 amide bonds. The fraction of sp³-hybridized carbons (Fsp3) is 0.357. The van der Waals surface area contributed by atoms with E-state index in [4.69, 9.17) is 10.5 Å². The SMILES string of the molecule is CC(C)(C)OC(=O)N1CC2CCN(c3cc(N)cc(Nc4ccc(Sc5ccncc5)c(F)c4)c3)C2C1. The van der Waals surface area contributed by atoms with Crippen molar-refractivity contribution in [1.82, 2.24) is 9.88 Å². The van der Waals surface area contributed by atoms with Gasteiger partial charge in [0.05, 0.1) is 6.04 Å². The molecule has 0 saturated carbocycles. The van der Waals surface area contributed by atoms with E-state index in [1.807, 2.05) is 62.1 Å². The molecule has 2 unspecified atom stereocenters. The monoisotopic (exact) mass is 521 g/mol. The summed E-state index contributed by atoms with van der Waals surface area (Å²) in [4.78, 5) is 22.2. The molecule has 3 heterocycles. The topological polar surface area (TPSA) is 83.7 Å². The predicted molar refractivity (Wildman–Crippen MR) is 146 cm³/mol. The minimum atomic E-state index is -0.516. The lowest BCUT2D eigenvalue weighted by Gasteiger charge is -2.29. The van der Waals surface area contributed by atoms with Gasteiger partial charge in [-0.25, -0.2) is 9.18 Å². The summed E-state index contributed by atoms with van der Waals surface area (Å²) in [5, 5.41) is 3.30. The summed E-state index contributed by atoms with van der Waals surface area (Å²) in [5.74, 6) is 0.0939. The molecule has 7 nitrogen and oxygen atoms in total. The molecule has 194 valence electrons. The second-order valence-electron chi connectivity index (χ2n) is 10.6. The van der Waals surface area contributed by atoms with Crippen molar-refractivity contribution in [3.05, 3.63) is 66.7 Å². The lowest BCUT2D eigenvalue weighted by Crippen LogP contribution is -2.39. The van der Waals surface area contributed by atoms with Crippen LogP contribution in [0.4, 0.5) is 31.9 Å². The summed E-state index contributed by atoms with van der Waals surface area (Å²) in [7, 11) is 0. The molecule has 5 rings (SSSR count). The first-order valence-corrected chi connectivity index (χ1v) is 13.3. The summed E-state index contributed by atoms with van der Waals surface area (Å²) >= 11 is 1.36. The van der Waals surface area contributed by atoms with Crippen molar-refractivity contribution in [3.8, 4) is 0 Å². The van der Waals surface area contributed by atoms with Gasteiger partial charge >= 0.3 is 6.09 Å². The Balaban J connectivity index is 1.29. The van der Waals surface area contributed by atoms with Crippen LogP contribution in [-0.4, -0.2) is 47.3 Å². The summed E-state index contributed by atoms with van der Waals surface area (Å²) in [6.07, 6.45) is 4.13. The molecule has 2 aliphatic heterocycles. The number of carbonyl (C=O) groups is 1. The van der Waals surface area contributed by atoms with E-state index in [0.717, 1.165) is 29.2 Å². The Hall–Kier alpha value is -3.46. The molecule has 3 N–H and O–H groups in total. The van der Waals surface area contributed by atoms with Crippen LogP contribution in [0.15, 0.2) is 70.7 Å². The molecule has 0 spiro atoms. The third-order valence-electron chi connectivity index (χ3n) is 6.57. The van der Waals surface area contributed by atoms with Gasteiger partial charge in [0, 0.05) is 70.5 Å². The first-order valence-electron chi connectivity index (χ1n) is 12.4. The maximum absolute atomic E-state index is 14.8. The number of anilines is 4. The number of benzene rings is 2. The molecule has 2 atom stereocenters. The van der Waals surface area contributed by atoms with Crippen molar-refractivity contribution >= 4 is 40.6 Å². The molecule has 37 heavy (non-hydrogen) atoms. The van der Waals surface area contributed by atoms with E-state index in [9.17, 15) is 9.18 Å². The molecule has 9 heteroatoms. The average molecular weight is 522 g/mol. The number of nitrogen functional groups attached to an aromatic ring is 1. The molecule has 2 aliphatic rings. The normalized spacial score (nSPS) is 19.1. The van der Waals surface area contributed by atoms with Crippen molar-refractivity contribution < 1.29 is 13.9 Å². The van der Waals surface area contributed by atoms with E-state index in [-0.39, 0.29) is 18.0 Å². The number of halogens is 1. The third kappa shape index (κ3) is 5.93. The van der Waals surface area contributed by atoms with Gasteiger partial charge in [-0.1, -0.05) is 11.8 Å². The Morgan fingerprint density at radius 3 is 2.62 bits per heavy atom. The summed E-state index contributed by atoms with van der Waals surface area (Å²) in [6.45, 7) is 7.87. The van der Waals surface area contributed by atoms with Gasteiger partial charge in [0.25, 0.3) is 0 Å². The summed E-state index contributed by atoms with van der Waals surface area (Å²) in [6, 6.07) is 14.9. The van der Waals surface area contributed by atoms with Gasteiger partial charge in [0.1, 0.15) is 11.4 Å². The number of nitrogens with one attached hydrogen (secondary N) is 1. The second kappa shape index (κ2) is 10.1. The Kier molecular flexibility index (Phi) is 6.90. The van der Waals surface area contributed by atoms with Gasteiger partial charge in [-0.2, -0.15) is 0 Å². The molecule has 2 fully saturated rings. The molecule has 0 aliphatic carbocycles. The van der Waals surface area contributed by atoms with Gasteiger partial charge in [-0.15, -0.1) is 0 Å². The number of amides is 1. The van der Waals surface area contributed by atoms with E-state index < -0.39 is 5.60 Å². The minimum Gasteiger partial charge on any atom is -0.444 e. The number of fused-ring (bicyclic) bond motifs is 1. The van der Waals surface area contributed by atoms with Gasteiger partial charge in [0.15, 0.2) is 0 Å². The Labute approximate surface area is 221 Å². The lowest BCUT2D eigenvalue weighted by atomic mass is 10.0. The Morgan fingerprint density at radius 1 is 1.11 bits per heavy atom. The van der Waals surface area contributed by atoms with Crippen LogP contribution < -0.4 is 16.0 Å². The molecule has 3 aromatic rings. The fourth-order valence-corrected chi connectivity index (χ4v) is 5.80. The smallest absolute Gasteiger partial charge is 0.410 e. The van der Waals surface area contributed by atoms with Crippen molar-refractivity contribution in [1.29, 1.82) is 0 Å². The number of pyridine rings is 1. The molecule has 1 aromatic heterocycles. The standard InChI is InChI=1S/C28H32FN5O2S/c1-28(2,3)36-27(35)33-16-18-8-11-34(25(18)17-33)22-13-19(30)12-21(14-22)32-20-4-5-26(24(29)15-20)37-23-6-9-31-10-7-23/h4-7,9-10,12-15,18,25,32H,8,11,16-17,30H2,1-3H3. The van der Waals surface area contributed by atoms with Gasteiger partial charge < -0.3 is 25.6 Å². The number of hydrogen-bond donors (Lipinski definition) is 2.